The van der Waals surface area contributed by atoms with Crippen molar-refractivity contribution >= 4 is 17.4 Å². The van der Waals surface area contributed by atoms with Crippen molar-refractivity contribution < 1.29 is 4.79 Å². The van der Waals surface area contributed by atoms with Crippen LogP contribution < -0.4 is 21.9 Å². The second-order valence-corrected chi connectivity index (χ2v) is 6.02. The van der Waals surface area contributed by atoms with E-state index in [9.17, 15) is 14.4 Å². The monoisotopic (exact) mass is 344 g/mol. The second-order valence-electron chi connectivity index (χ2n) is 6.02. The standard InChI is InChI=1S/C18H24N4O3/c1-5-22-16(15(19-4)17(24)21-18(22)25)20-14(23)7-6-13-9-11(2)8-12(3)10-13/h8-10,19H,5-7H2,1-4H3,(H,20,23)(H,21,24,25). The smallest absolute Gasteiger partial charge is 0.330 e. The number of benzene rings is 1. The summed E-state index contributed by atoms with van der Waals surface area (Å²) in [6.07, 6.45) is 0.847. The fourth-order valence-corrected chi connectivity index (χ4v) is 2.90. The van der Waals surface area contributed by atoms with Crippen LogP contribution in [0.1, 0.15) is 30.0 Å². The Kier molecular flexibility index (Phi) is 5.80. The molecular weight excluding hydrogens is 320 g/mol. The van der Waals surface area contributed by atoms with Gasteiger partial charge in [-0.1, -0.05) is 29.3 Å². The highest BCUT2D eigenvalue weighted by atomic mass is 16.2. The van der Waals surface area contributed by atoms with Crippen molar-refractivity contribution in [1.82, 2.24) is 9.55 Å². The Morgan fingerprint density at radius 2 is 1.80 bits per heavy atom. The zero-order valence-electron chi connectivity index (χ0n) is 15.0. The molecule has 134 valence electrons. The highest BCUT2D eigenvalue weighted by Crippen LogP contribution is 2.16. The largest absolute Gasteiger partial charge is 0.381 e. The number of aromatic nitrogens is 2. The zero-order chi connectivity index (χ0) is 18.6. The van der Waals surface area contributed by atoms with Crippen LogP contribution in [0.25, 0.3) is 0 Å². The fourth-order valence-electron chi connectivity index (χ4n) is 2.90. The summed E-state index contributed by atoms with van der Waals surface area (Å²) < 4.78 is 1.32. The number of anilines is 2. The third-order valence-corrected chi connectivity index (χ3v) is 3.95. The predicted molar refractivity (Wildman–Crippen MR) is 99.4 cm³/mol. The minimum atomic E-state index is -0.554. The summed E-state index contributed by atoms with van der Waals surface area (Å²) in [5.74, 6) is -0.0490. The molecule has 0 spiro atoms. The van der Waals surface area contributed by atoms with Crippen LogP contribution in [-0.2, 0) is 17.8 Å². The predicted octanol–water partition coefficient (Wildman–Crippen LogP) is 1.79. The number of rotatable bonds is 6. The number of carbonyl (C=O) groups is 1. The average molecular weight is 344 g/mol. The lowest BCUT2D eigenvalue weighted by atomic mass is 10.0. The van der Waals surface area contributed by atoms with Crippen molar-refractivity contribution in [3.8, 4) is 0 Å². The minimum Gasteiger partial charge on any atom is -0.381 e. The highest BCUT2D eigenvalue weighted by Gasteiger charge is 2.15. The first-order valence-electron chi connectivity index (χ1n) is 8.27. The van der Waals surface area contributed by atoms with E-state index in [1.54, 1.807) is 14.0 Å². The minimum absolute atomic E-state index is 0.168. The Bertz CT molecular complexity index is 840. The maximum Gasteiger partial charge on any atom is 0.330 e. The topological polar surface area (TPSA) is 96.0 Å². The summed E-state index contributed by atoms with van der Waals surface area (Å²) in [5, 5.41) is 5.45. The zero-order valence-corrected chi connectivity index (χ0v) is 15.0. The molecule has 1 aromatic carbocycles. The Morgan fingerprint density at radius 1 is 1.16 bits per heavy atom. The number of hydrogen-bond acceptors (Lipinski definition) is 4. The van der Waals surface area contributed by atoms with Crippen LogP contribution in [0.4, 0.5) is 11.5 Å². The van der Waals surface area contributed by atoms with Crippen molar-refractivity contribution in [2.75, 3.05) is 17.7 Å². The third-order valence-electron chi connectivity index (χ3n) is 3.95. The number of aryl methyl sites for hydroxylation is 3. The van der Waals surface area contributed by atoms with Crippen LogP contribution in [0.5, 0.6) is 0 Å². The fraction of sp³-hybridized carbons (Fsp3) is 0.389. The van der Waals surface area contributed by atoms with E-state index in [2.05, 4.69) is 33.8 Å². The van der Waals surface area contributed by atoms with Crippen LogP contribution in [0.2, 0.25) is 0 Å². The molecule has 1 aromatic heterocycles. The maximum atomic E-state index is 12.3. The van der Waals surface area contributed by atoms with Gasteiger partial charge in [-0.3, -0.25) is 19.1 Å². The van der Waals surface area contributed by atoms with Crippen LogP contribution in [0.3, 0.4) is 0 Å². The van der Waals surface area contributed by atoms with Gasteiger partial charge in [0.2, 0.25) is 5.91 Å². The molecule has 7 heteroatoms. The van der Waals surface area contributed by atoms with Crippen molar-refractivity contribution in [1.29, 1.82) is 0 Å². The summed E-state index contributed by atoms with van der Waals surface area (Å²) in [4.78, 5) is 38.4. The first kappa shape index (κ1) is 18.5. The molecule has 2 rings (SSSR count). The number of nitrogens with one attached hydrogen (secondary N) is 3. The van der Waals surface area contributed by atoms with Crippen molar-refractivity contribution in [3.05, 3.63) is 55.7 Å². The van der Waals surface area contributed by atoms with Crippen molar-refractivity contribution in [2.24, 2.45) is 0 Å². The Hall–Kier alpha value is -2.83. The number of nitrogens with zero attached hydrogens (tertiary/aromatic N) is 1. The molecule has 0 bridgehead atoms. The SMILES string of the molecule is CCn1c(NC(=O)CCc2cc(C)cc(C)c2)c(NC)c(=O)[nH]c1=O. The first-order chi connectivity index (χ1) is 11.8. The molecule has 7 nitrogen and oxygen atoms in total. The van der Waals surface area contributed by atoms with Gasteiger partial charge in [-0.15, -0.1) is 0 Å². The lowest BCUT2D eigenvalue weighted by Gasteiger charge is -2.15. The summed E-state index contributed by atoms with van der Waals surface area (Å²) in [6.45, 7) is 6.14. The Morgan fingerprint density at radius 3 is 2.36 bits per heavy atom. The van der Waals surface area contributed by atoms with Gasteiger partial charge in [0.05, 0.1) is 0 Å². The molecule has 0 fully saturated rings. The van der Waals surface area contributed by atoms with Gasteiger partial charge in [-0.2, -0.15) is 0 Å². The van der Waals surface area contributed by atoms with Gasteiger partial charge in [0, 0.05) is 20.0 Å². The van der Waals surface area contributed by atoms with E-state index in [0.29, 0.717) is 13.0 Å². The van der Waals surface area contributed by atoms with Crippen LogP contribution >= 0.6 is 0 Å². The van der Waals surface area contributed by atoms with E-state index in [4.69, 9.17) is 0 Å². The molecule has 0 unspecified atom stereocenters. The van der Waals surface area contributed by atoms with E-state index in [1.165, 1.54) is 4.57 Å². The Balaban J connectivity index is 2.20. The van der Waals surface area contributed by atoms with Gasteiger partial charge in [-0.05, 0) is 32.8 Å². The molecule has 0 aliphatic rings. The lowest BCUT2D eigenvalue weighted by Crippen LogP contribution is -2.34. The molecule has 0 saturated carbocycles. The summed E-state index contributed by atoms with van der Waals surface area (Å²) in [7, 11) is 1.57. The van der Waals surface area contributed by atoms with Crippen LogP contribution in [-0.4, -0.2) is 22.5 Å². The summed E-state index contributed by atoms with van der Waals surface area (Å²) >= 11 is 0. The number of aromatic amines is 1. The number of amides is 1. The highest BCUT2D eigenvalue weighted by molar-refractivity contribution is 5.92. The van der Waals surface area contributed by atoms with Gasteiger partial charge in [0.1, 0.15) is 11.5 Å². The molecule has 0 atom stereocenters. The normalized spacial score (nSPS) is 10.6. The van der Waals surface area contributed by atoms with E-state index in [-0.39, 0.29) is 23.8 Å². The van der Waals surface area contributed by atoms with Crippen LogP contribution in [0, 0.1) is 13.8 Å². The summed E-state index contributed by atoms with van der Waals surface area (Å²) in [5.41, 5.74) is 2.46. The Labute approximate surface area is 146 Å². The molecule has 25 heavy (non-hydrogen) atoms. The summed E-state index contributed by atoms with van der Waals surface area (Å²) in [6, 6.07) is 6.18. The number of H-pyrrole nitrogens is 1. The average Bonchev–Trinajstić information content (AvgIpc) is 2.52. The quantitative estimate of drug-likeness (QED) is 0.744. The number of hydrogen-bond donors (Lipinski definition) is 3. The molecule has 0 aliphatic carbocycles. The lowest BCUT2D eigenvalue weighted by molar-refractivity contribution is -0.116. The van der Waals surface area contributed by atoms with Gasteiger partial charge < -0.3 is 10.6 Å². The van der Waals surface area contributed by atoms with Crippen LogP contribution in [0.15, 0.2) is 27.8 Å². The van der Waals surface area contributed by atoms with Gasteiger partial charge >= 0.3 is 5.69 Å². The molecule has 2 aromatic rings. The van der Waals surface area contributed by atoms with Gasteiger partial charge in [0.15, 0.2) is 0 Å². The molecule has 1 heterocycles. The van der Waals surface area contributed by atoms with E-state index in [1.807, 2.05) is 13.8 Å². The maximum absolute atomic E-state index is 12.3. The van der Waals surface area contributed by atoms with E-state index >= 15 is 0 Å². The molecule has 0 radical (unpaired) electrons. The van der Waals surface area contributed by atoms with Crippen molar-refractivity contribution in [3.63, 3.8) is 0 Å². The third kappa shape index (κ3) is 4.37. The van der Waals surface area contributed by atoms with Gasteiger partial charge in [0.25, 0.3) is 5.56 Å². The second kappa shape index (κ2) is 7.83. The van der Waals surface area contributed by atoms with E-state index < -0.39 is 11.2 Å². The number of carbonyl (C=O) groups excluding carboxylic acids is 1. The molecule has 1 amide bonds. The van der Waals surface area contributed by atoms with Gasteiger partial charge in [-0.25, -0.2) is 4.79 Å². The first-order valence-corrected chi connectivity index (χ1v) is 8.27. The molecule has 3 N–H and O–H groups in total. The van der Waals surface area contributed by atoms with Crippen molar-refractivity contribution in [2.45, 2.75) is 40.2 Å². The van der Waals surface area contributed by atoms with E-state index in [0.717, 1.165) is 16.7 Å². The molecule has 0 aliphatic heterocycles. The molecule has 0 saturated heterocycles. The molecular formula is C18H24N4O3.